The van der Waals surface area contributed by atoms with E-state index in [1.807, 2.05) is 43.3 Å². The van der Waals surface area contributed by atoms with Crippen molar-refractivity contribution in [2.45, 2.75) is 20.0 Å². The fourth-order valence-electron chi connectivity index (χ4n) is 2.70. The van der Waals surface area contributed by atoms with Gasteiger partial charge in [0.05, 0.1) is 18.7 Å². The molecule has 0 bridgehead atoms. The maximum Gasteiger partial charge on any atom is 0.191 e. The van der Waals surface area contributed by atoms with Gasteiger partial charge in [0, 0.05) is 13.1 Å². The minimum absolute atomic E-state index is 0.480. The number of hydrogen-bond acceptors (Lipinski definition) is 4. The summed E-state index contributed by atoms with van der Waals surface area (Å²) < 4.78 is 16.4. The van der Waals surface area contributed by atoms with Crippen LogP contribution in [0.3, 0.4) is 0 Å². The number of nitrogens with zero attached hydrogens (tertiary/aromatic N) is 1. The minimum atomic E-state index is 0.480. The van der Waals surface area contributed by atoms with Crippen LogP contribution in [0.1, 0.15) is 18.1 Å². The van der Waals surface area contributed by atoms with Gasteiger partial charge in [-0.15, -0.1) is 0 Å². The number of benzene rings is 2. The first-order valence-electron chi connectivity index (χ1n) is 8.92. The predicted octanol–water partition coefficient (Wildman–Crippen LogP) is 3.38. The standard InChI is InChI=1S/C20H24ClN3O3/c1-3-22-20(23-12-14-4-6-16(25-2)7-5-14)24-13-15-10-17(21)19-18(11-15)26-8-9-27-19/h4-7,10-11H,3,8-9,12-13H2,1-2H3,(H2,22,23,24). The van der Waals surface area contributed by atoms with Crippen LogP contribution in [-0.2, 0) is 13.1 Å². The topological polar surface area (TPSA) is 64.1 Å². The number of rotatable bonds is 6. The Hall–Kier alpha value is -2.60. The van der Waals surface area contributed by atoms with Gasteiger partial charge >= 0.3 is 0 Å². The molecule has 2 aromatic rings. The zero-order valence-corrected chi connectivity index (χ0v) is 16.3. The van der Waals surface area contributed by atoms with Crippen molar-refractivity contribution >= 4 is 17.6 Å². The van der Waals surface area contributed by atoms with Crippen LogP contribution in [-0.4, -0.2) is 32.8 Å². The van der Waals surface area contributed by atoms with E-state index in [4.69, 9.17) is 25.8 Å². The van der Waals surface area contributed by atoms with E-state index in [1.165, 1.54) is 0 Å². The molecule has 6 nitrogen and oxygen atoms in total. The second kappa shape index (κ2) is 9.37. The van der Waals surface area contributed by atoms with Crippen molar-refractivity contribution in [1.82, 2.24) is 10.6 Å². The van der Waals surface area contributed by atoms with Crippen LogP contribution in [0.25, 0.3) is 0 Å². The molecule has 0 atom stereocenters. The third-order valence-electron chi connectivity index (χ3n) is 4.04. The highest BCUT2D eigenvalue weighted by molar-refractivity contribution is 6.32. The average Bonchev–Trinajstić information content (AvgIpc) is 2.70. The quantitative estimate of drug-likeness (QED) is 0.585. The molecule has 2 aromatic carbocycles. The van der Waals surface area contributed by atoms with Crippen LogP contribution in [0.4, 0.5) is 0 Å². The molecule has 0 amide bonds. The molecule has 0 spiro atoms. The Morgan fingerprint density at radius 3 is 2.63 bits per heavy atom. The number of hydrogen-bond donors (Lipinski definition) is 2. The van der Waals surface area contributed by atoms with Crippen molar-refractivity contribution in [1.29, 1.82) is 0 Å². The van der Waals surface area contributed by atoms with Gasteiger partial charge in [0.25, 0.3) is 0 Å². The van der Waals surface area contributed by atoms with E-state index in [9.17, 15) is 0 Å². The number of fused-ring (bicyclic) bond motifs is 1. The van der Waals surface area contributed by atoms with Gasteiger partial charge in [-0.2, -0.15) is 0 Å². The minimum Gasteiger partial charge on any atom is -0.497 e. The lowest BCUT2D eigenvalue weighted by molar-refractivity contribution is 0.171. The molecule has 0 fully saturated rings. The van der Waals surface area contributed by atoms with Crippen LogP contribution in [0.5, 0.6) is 17.2 Å². The van der Waals surface area contributed by atoms with Crippen LogP contribution in [0.2, 0.25) is 5.02 Å². The number of ether oxygens (including phenoxy) is 3. The monoisotopic (exact) mass is 389 g/mol. The number of halogens is 1. The first-order valence-corrected chi connectivity index (χ1v) is 9.30. The van der Waals surface area contributed by atoms with Gasteiger partial charge in [0.15, 0.2) is 17.5 Å². The first kappa shape index (κ1) is 19.2. The summed E-state index contributed by atoms with van der Waals surface area (Å²) in [5.74, 6) is 2.87. The average molecular weight is 390 g/mol. The second-order valence-corrected chi connectivity index (χ2v) is 6.41. The van der Waals surface area contributed by atoms with Crippen LogP contribution in [0, 0.1) is 0 Å². The molecule has 2 N–H and O–H groups in total. The largest absolute Gasteiger partial charge is 0.497 e. The maximum absolute atomic E-state index is 6.29. The molecule has 0 aromatic heterocycles. The van der Waals surface area contributed by atoms with E-state index in [0.717, 1.165) is 29.4 Å². The molecule has 7 heteroatoms. The molecule has 27 heavy (non-hydrogen) atoms. The highest BCUT2D eigenvalue weighted by atomic mass is 35.5. The van der Waals surface area contributed by atoms with Gasteiger partial charge in [-0.05, 0) is 42.3 Å². The first-order chi connectivity index (χ1) is 13.2. The highest BCUT2D eigenvalue weighted by Crippen LogP contribution is 2.38. The predicted molar refractivity (Wildman–Crippen MR) is 107 cm³/mol. The molecular weight excluding hydrogens is 366 g/mol. The van der Waals surface area contributed by atoms with E-state index >= 15 is 0 Å². The summed E-state index contributed by atoms with van der Waals surface area (Å²) in [5, 5.41) is 7.13. The van der Waals surface area contributed by atoms with Crippen LogP contribution in [0.15, 0.2) is 41.4 Å². The number of nitrogens with one attached hydrogen (secondary N) is 2. The zero-order valence-electron chi connectivity index (χ0n) is 15.5. The summed E-state index contributed by atoms with van der Waals surface area (Å²) in [6, 6.07) is 11.7. The van der Waals surface area contributed by atoms with Gasteiger partial charge in [-0.1, -0.05) is 23.7 Å². The summed E-state index contributed by atoms with van der Waals surface area (Å²) in [6.45, 7) is 5.00. The molecule has 0 saturated carbocycles. The number of guanidine groups is 1. The SMILES string of the molecule is CCNC(=NCc1cc(Cl)c2c(c1)OCCO2)NCc1ccc(OC)cc1. The second-order valence-electron chi connectivity index (χ2n) is 6.00. The lowest BCUT2D eigenvalue weighted by atomic mass is 10.2. The molecule has 1 aliphatic rings. The number of methoxy groups -OCH3 is 1. The summed E-state index contributed by atoms with van der Waals surface area (Å²) in [6.07, 6.45) is 0. The molecule has 0 radical (unpaired) electrons. The number of aliphatic imine (C=N–C) groups is 1. The van der Waals surface area contributed by atoms with E-state index in [-0.39, 0.29) is 0 Å². The van der Waals surface area contributed by atoms with Gasteiger partial charge in [0.2, 0.25) is 0 Å². The van der Waals surface area contributed by atoms with E-state index in [1.54, 1.807) is 7.11 Å². The molecule has 0 unspecified atom stereocenters. The third kappa shape index (κ3) is 5.20. The van der Waals surface area contributed by atoms with Crippen molar-refractivity contribution < 1.29 is 14.2 Å². The van der Waals surface area contributed by atoms with Crippen LogP contribution >= 0.6 is 11.6 Å². The lowest BCUT2D eigenvalue weighted by Gasteiger charge is -2.20. The summed E-state index contributed by atoms with van der Waals surface area (Å²) >= 11 is 6.29. The van der Waals surface area contributed by atoms with Crippen LogP contribution < -0.4 is 24.8 Å². The van der Waals surface area contributed by atoms with Crippen molar-refractivity contribution in [3.8, 4) is 17.2 Å². The zero-order chi connectivity index (χ0) is 19.1. The molecule has 0 aliphatic carbocycles. The molecule has 0 saturated heterocycles. The maximum atomic E-state index is 6.29. The molecular formula is C20H24ClN3O3. The molecule has 144 valence electrons. The van der Waals surface area contributed by atoms with Gasteiger partial charge < -0.3 is 24.8 Å². The Kier molecular flexibility index (Phi) is 6.65. The summed E-state index contributed by atoms with van der Waals surface area (Å²) in [4.78, 5) is 4.64. The van der Waals surface area contributed by atoms with E-state index < -0.39 is 0 Å². The third-order valence-corrected chi connectivity index (χ3v) is 4.32. The van der Waals surface area contributed by atoms with Gasteiger partial charge in [-0.25, -0.2) is 4.99 Å². The lowest BCUT2D eigenvalue weighted by Crippen LogP contribution is -2.36. The molecule has 1 aliphatic heterocycles. The molecule has 1 heterocycles. The Morgan fingerprint density at radius 1 is 1.11 bits per heavy atom. The van der Waals surface area contributed by atoms with Gasteiger partial charge in [0.1, 0.15) is 19.0 Å². The van der Waals surface area contributed by atoms with E-state index in [2.05, 4.69) is 15.6 Å². The van der Waals surface area contributed by atoms with E-state index in [0.29, 0.717) is 42.8 Å². The molecule has 3 rings (SSSR count). The fraction of sp³-hybridized carbons (Fsp3) is 0.350. The Morgan fingerprint density at radius 2 is 1.89 bits per heavy atom. The fourth-order valence-corrected chi connectivity index (χ4v) is 2.98. The summed E-state index contributed by atoms with van der Waals surface area (Å²) in [5.41, 5.74) is 2.11. The van der Waals surface area contributed by atoms with Crippen molar-refractivity contribution in [2.24, 2.45) is 4.99 Å². The van der Waals surface area contributed by atoms with Crippen molar-refractivity contribution in [3.63, 3.8) is 0 Å². The Balaban J connectivity index is 1.65. The van der Waals surface area contributed by atoms with Crippen molar-refractivity contribution in [3.05, 3.63) is 52.5 Å². The smallest absolute Gasteiger partial charge is 0.191 e. The Bertz CT molecular complexity index is 794. The van der Waals surface area contributed by atoms with Gasteiger partial charge in [-0.3, -0.25) is 0 Å². The van der Waals surface area contributed by atoms with Crippen molar-refractivity contribution in [2.75, 3.05) is 26.9 Å². The summed E-state index contributed by atoms with van der Waals surface area (Å²) in [7, 11) is 1.66. The normalized spacial score (nSPS) is 13.2. The highest BCUT2D eigenvalue weighted by Gasteiger charge is 2.16. The Labute approximate surface area is 164 Å².